The third-order valence-electron chi connectivity index (χ3n) is 6.91. The molecule has 2 aliphatic carbocycles. The Kier molecular flexibility index (Phi) is 3.77. The lowest BCUT2D eigenvalue weighted by molar-refractivity contribution is -0.137. The average Bonchev–Trinajstić information content (AvgIpc) is 3.29. The van der Waals surface area contributed by atoms with Gasteiger partial charge in [-0.3, -0.25) is 0 Å². The van der Waals surface area contributed by atoms with Gasteiger partial charge in [0.25, 0.3) is 0 Å². The van der Waals surface area contributed by atoms with Crippen LogP contribution in [0.4, 0.5) is 18.9 Å². The van der Waals surface area contributed by atoms with E-state index in [0.717, 1.165) is 36.6 Å². The molecule has 28 heavy (non-hydrogen) atoms. The average molecular weight is 387 g/mol. The molecule has 2 N–H and O–H groups in total. The summed E-state index contributed by atoms with van der Waals surface area (Å²) in [6.45, 7) is 0. The van der Waals surface area contributed by atoms with Gasteiger partial charge in [-0.1, -0.05) is 12.1 Å². The summed E-state index contributed by atoms with van der Waals surface area (Å²) < 4.78 is 39.7. The van der Waals surface area contributed by atoms with E-state index in [1.165, 1.54) is 12.1 Å². The van der Waals surface area contributed by atoms with Crippen molar-refractivity contribution >= 4 is 11.7 Å². The summed E-state index contributed by atoms with van der Waals surface area (Å²) in [5.41, 5.74) is 2.16. The van der Waals surface area contributed by atoms with Gasteiger partial charge in [-0.2, -0.15) is 13.2 Å². The van der Waals surface area contributed by atoms with Crippen LogP contribution in [0.15, 0.2) is 42.5 Å². The molecule has 3 nitrogen and oxygen atoms in total. The summed E-state index contributed by atoms with van der Waals surface area (Å²) in [6, 6.07) is 10.5. The zero-order valence-corrected chi connectivity index (χ0v) is 15.0. The van der Waals surface area contributed by atoms with Crippen LogP contribution in [0.2, 0.25) is 0 Å². The second-order valence-electron chi connectivity index (χ2n) is 8.29. The van der Waals surface area contributed by atoms with Crippen molar-refractivity contribution in [3.05, 3.63) is 64.7 Å². The van der Waals surface area contributed by atoms with Crippen molar-refractivity contribution in [1.29, 1.82) is 0 Å². The Morgan fingerprint density at radius 3 is 2.61 bits per heavy atom. The number of hydrogen-bond donors (Lipinski definition) is 2. The molecule has 0 spiro atoms. The Morgan fingerprint density at radius 1 is 1.07 bits per heavy atom. The summed E-state index contributed by atoms with van der Waals surface area (Å²) in [5.74, 6) is 0.381. The van der Waals surface area contributed by atoms with Gasteiger partial charge in [-0.25, -0.2) is 4.79 Å². The fourth-order valence-corrected chi connectivity index (χ4v) is 5.86. The molecule has 1 heterocycles. The second-order valence-corrected chi connectivity index (χ2v) is 8.29. The first kappa shape index (κ1) is 17.6. The van der Waals surface area contributed by atoms with Crippen LogP contribution in [0.3, 0.4) is 0 Å². The summed E-state index contributed by atoms with van der Waals surface area (Å²) in [5, 5.41) is 12.8. The van der Waals surface area contributed by atoms with Crippen molar-refractivity contribution in [2.75, 3.05) is 5.32 Å². The monoisotopic (exact) mass is 387 g/mol. The van der Waals surface area contributed by atoms with Gasteiger partial charge in [-0.05, 0) is 84.4 Å². The number of aromatic carboxylic acids is 1. The van der Waals surface area contributed by atoms with Crippen LogP contribution in [0.5, 0.6) is 0 Å². The standard InChI is InChI=1S/C22H20F3NO2/c23-22(24,25)15-3-1-2-13(9-15)20-19-12-5-4-11(8-12)18(19)16-10-14(21(27)28)6-7-17(16)26-20/h1-3,6-7,9-12,18-20,26H,4-5,8H2,(H,27,28)/t11-,12+,18+,19+,20-/m0/s1. The first-order valence-electron chi connectivity index (χ1n) is 9.64. The number of fused-ring (bicyclic) bond motifs is 7. The highest BCUT2D eigenvalue weighted by molar-refractivity contribution is 5.88. The number of hydrogen-bond acceptors (Lipinski definition) is 2. The van der Waals surface area contributed by atoms with Crippen LogP contribution < -0.4 is 5.32 Å². The van der Waals surface area contributed by atoms with E-state index >= 15 is 0 Å². The minimum atomic E-state index is -4.37. The van der Waals surface area contributed by atoms with Gasteiger partial charge in [0.15, 0.2) is 0 Å². The quantitative estimate of drug-likeness (QED) is 0.695. The fourth-order valence-electron chi connectivity index (χ4n) is 5.86. The van der Waals surface area contributed by atoms with Crippen molar-refractivity contribution in [3.63, 3.8) is 0 Å². The smallest absolute Gasteiger partial charge is 0.416 e. The lowest BCUT2D eigenvalue weighted by Crippen LogP contribution is -2.35. The highest BCUT2D eigenvalue weighted by Gasteiger charge is 2.54. The Bertz CT molecular complexity index is 955. The molecule has 0 amide bonds. The van der Waals surface area contributed by atoms with E-state index in [2.05, 4.69) is 5.32 Å². The molecule has 0 saturated heterocycles. The molecular weight excluding hydrogens is 367 g/mol. The van der Waals surface area contributed by atoms with Crippen molar-refractivity contribution < 1.29 is 23.1 Å². The SMILES string of the molecule is O=C(O)c1ccc2c(c1)[C@H]1[C@H]3CC[C@H](C3)[C@H]1[C@H](c1cccc(C(F)(F)F)c1)N2. The molecular formula is C22H20F3NO2. The van der Waals surface area contributed by atoms with Gasteiger partial charge in [0.1, 0.15) is 0 Å². The van der Waals surface area contributed by atoms with E-state index in [1.54, 1.807) is 24.3 Å². The Morgan fingerprint density at radius 2 is 1.86 bits per heavy atom. The van der Waals surface area contributed by atoms with E-state index in [0.29, 0.717) is 17.4 Å². The highest BCUT2D eigenvalue weighted by atomic mass is 19.4. The molecule has 5 atom stereocenters. The number of rotatable bonds is 2. The Balaban J connectivity index is 1.61. The summed E-state index contributed by atoms with van der Waals surface area (Å²) in [7, 11) is 0. The highest BCUT2D eigenvalue weighted by Crippen LogP contribution is 2.63. The second kappa shape index (κ2) is 6.00. The van der Waals surface area contributed by atoms with Crippen LogP contribution in [-0.2, 0) is 6.18 Å². The number of nitrogens with one attached hydrogen (secondary N) is 1. The molecule has 5 rings (SSSR count). The first-order valence-corrected chi connectivity index (χ1v) is 9.64. The molecule has 0 radical (unpaired) electrons. The van der Waals surface area contributed by atoms with E-state index in [4.69, 9.17) is 0 Å². The van der Waals surface area contributed by atoms with Gasteiger partial charge in [0.05, 0.1) is 17.2 Å². The number of carboxylic acids is 1. The molecule has 6 heteroatoms. The number of halogens is 3. The first-order chi connectivity index (χ1) is 13.3. The van der Waals surface area contributed by atoms with Gasteiger partial charge in [0, 0.05) is 5.69 Å². The number of alkyl halides is 3. The largest absolute Gasteiger partial charge is 0.478 e. The number of carboxylic acid groups (broad SMARTS) is 1. The number of carbonyl (C=O) groups is 1. The molecule has 1 aliphatic heterocycles. The molecule has 146 valence electrons. The van der Waals surface area contributed by atoms with E-state index in [-0.39, 0.29) is 23.4 Å². The topological polar surface area (TPSA) is 49.3 Å². The molecule has 2 saturated carbocycles. The molecule has 0 aromatic heterocycles. The van der Waals surface area contributed by atoms with E-state index in [9.17, 15) is 23.1 Å². The van der Waals surface area contributed by atoms with Crippen molar-refractivity contribution in [2.45, 2.75) is 37.4 Å². The third kappa shape index (κ3) is 2.61. The maximum absolute atomic E-state index is 13.2. The summed E-state index contributed by atoms with van der Waals surface area (Å²) in [4.78, 5) is 11.4. The molecule has 2 bridgehead atoms. The third-order valence-corrected chi connectivity index (χ3v) is 6.91. The van der Waals surface area contributed by atoms with Crippen LogP contribution >= 0.6 is 0 Å². The lowest BCUT2D eigenvalue weighted by Gasteiger charge is -2.43. The normalized spacial score (nSPS) is 30.5. The van der Waals surface area contributed by atoms with Crippen LogP contribution in [-0.4, -0.2) is 11.1 Å². The zero-order valence-electron chi connectivity index (χ0n) is 15.0. The Hall–Kier alpha value is -2.50. The zero-order chi connectivity index (χ0) is 19.6. The minimum Gasteiger partial charge on any atom is -0.478 e. The minimum absolute atomic E-state index is 0.189. The van der Waals surface area contributed by atoms with E-state index in [1.807, 2.05) is 0 Å². The summed E-state index contributed by atoms with van der Waals surface area (Å²) >= 11 is 0. The number of anilines is 1. The number of benzene rings is 2. The van der Waals surface area contributed by atoms with Crippen LogP contribution in [0.25, 0.3) is 0 Å². The fraction of sp³-hybridized carbons (Fsp3) is 0.409. The van der Waals surface area contributed by atoms with Crippen molar-refractivity contribution in [1.82, 2.24) is 0 Å². The van der Waals surface area contributed by atoms with Gasteiger partial charge in [0.2, 0.25) is 0 Å². The Labute approximate surface area is 160 Å². The maximum atomic E-state index is 13.2. The molecule has 2 aromatic rings. The van der Waals surface area contributed by atoms with E-state index < -0.39 is 17.7 Å². The lowest BCUT2D eigenvalue weighted by atomic mass is 9.68. The van der Waals surface area contributed by atoms with Gasteiger partial charge in [-0.15, -0.1) is 0 Å². The van der Waals surface area contributed by atoms with Crippen molar-refractivity contribution in [2.24, 2.45) is 17.8 Å². The van der Waals surface area contributed by atoms with Crippen LogP contribution in [0, 0.1) is 17.8 Å². The molecule has 3 aliphatic rings. The molecule has 0 unspecified atom stereocenters. The molecule has 2 aromatic carbocycles. The van der Waals surface area contributed by atoms with Gasteiger partial charge >= 0.3 is 12.1 Å². The van der Waals surface area contributed by atoms with Crippen LogP contribution in [0.1, 0.15) is 58.3 Å². The summed E-state index contributed by atoms with van der Waals surface area (Å²) in [6.07, 6.45) is -1.09. The van der Waals surface area contributed by atoms with Crippen molar-refractivity contribution in [3.8, 4) is 0 Å². The molecule has 2 fully saturated rings. The predicted molar refractivity (Wildman–Crippen MR) is 98.3 cm³/mol. The predicted octanol–water partition coefficient (Wildman–Crippen LogP) is 5.70. The van der Waals surface area contributed by atoms with Gasteiger partial charge < -0.3 is 10.4 Å². The maximum Gasteiger partial charge on any atom is 0.416 e.